The molecule has 0 radical (unpaired) electrons. The zero-order chi connectivity index (χ0) is 13.3. The van der Waals surface area contributed by atoms with Crippen LogP contribution >= 0.6 is 11.6 Å². The normalized spacial score (nSPS) is 20.8. The van der Waals surface area contributed by atoms with E-state index in [0.717, 1.165) is 12.1 Å². The van der Waals surface area contributed by atoms with Crippen molar-refractivity contribution in [2.45, 2.75) is 23.2 Å². The highest BCUT2D eigenvalue weighted by molar-refractivity contribution is 7.89. The first kappa shape index (κ1) is 13.9. The van der Waals surface area contributed by atoms with Gasteiger partial charge < -0.3 is 9.30 Å². The molecule has 102 valence electrons. The molecule has 1 unspecified atom stereocenters. The van der Waals surface area contributed by atoms with E-state index < -0.39 is 10.0 Å². The number of ether oxygens (including phenoxy) is 1. The second-order valence-electron chi connectivity index (χ2n) is 4.45. The molecule has 0 aromatic carbocycles. The Kier molecular flexibility index (Phi) is 4.01. The van der Waals surface area contributed by atoms with Crippen molar-refractivity contribution in [2.75, 3.05) is 20.3 Å². The number of alkyl halides is 1. The molecule has 2 heterocycles. The fourth-order valence-electron chi connectivity index (χ4n) is 2.02. The average molecular weight is 293 g/mol. The van der Waals surface area contributed by atoms with Gasteiger partial charge in [0, 0.05) is 32.6 Å². The summed E-state index contributed by atoms with van der Waals surface area (Å²) in [7, 11) is -0.0739. The van der Waals surface area contributed by atoms with Crippen molar-refractivity contribution in [1.29, 1.82) is 0 Å². The lowest BCUT2D eigenvalue weighted by atomic mass is 10.3. The fraction of sp³-hybridized carbons (Fsp3) is 0.636. The number of halogens is 1. The molecule has 0 spiro atoms. The van der Waals surface area contributed by atoms with Crippen LogP contribution in [-0.4, -0.2) is 43.6 Å². The highest BCUT2D eigenvalue weighted by Gasteiger charge is 2.31. The van der Waals surface area contributed by atoms with Gasteiger partial charge in [0.15, 0.2) is 0 Å². The SMILES string of the molecule is CN(C1CCOC1)S(=O)(=O)c1cc(CCl)n(C)c1. The molecule has 0 N–H and O–H groups in total. The Morgan fingerprint density at radius 1 is 1.61 bits per heavy atom. The zero-order valence-corrected chi connectivity index (χ0v) is 12.0. The van der Waals surface area contributed by atoms with Gasteiger partial charge in [-0.25, -0.2) is 8.42 Å². The minimum atomic E-state index is -3.46. The maximum atomic E-state index is 12.4. The van der Waals surface area contributed by atoms with E-state index in [9.17, 15) is 8.42 Å². The third kappa shape index (κ3) is 2.42. The molecular weight excluding hydrogens is 276 g/mol. The molecule has 1 saturated heterocycles. The summed E-state index contributed by atoms with van der Waals surface area (Å²) in [6, 6.07) is 1.55. The molecular formula is C11H17ClN2O3S. The Balaban J connectivity index is 2.28. The van der Waals surface area contributed by atoms with Gasteiger partial charge in [0.25, 0.3) is 0 Å². The Morgan fingerprint density at radius 3 is 2.83 bits per heavy atom. The zero-order valence-electron chi connectivity index (χ0n) is 10.5. The van der Waals surface area contributed by atoms with Crippen LogP contribution in [-0.2, 0) is 27.7 Å². The summed E-state index contributed by atoms with van der Waals surface area (Å²) in [5.41, 5.74) is 0.784. The molecule has 5 nitrogen and oxygen atoms in total. The van der Waals surface area contributed by atoms with Crippen molar-refractivity contribution >= 4 is 21.6 Å². The van der Waals surface area contributed by atoms with Crippen molar-refractivity contribution in [3.05, 3.63) is 18.0 Å². The van der Waals surface area contributed by atoms with Crippen LogP contribution in [0.3, 0.4) is 0 Å². The predicted molar refractivity (Wildman–Crippen MR) is 69.1 cm³/mol. The quantitative estimate of drug-likeness (QED) is 0.783. The molecule has 7 heteroatoms. The van der Waals surface area contributed by atoms with Gasteiger partial charge in [-0.15, -0.1) is 11.6 Å². The maximum Gasteiger partial charge on any atom is 0.244 e. The van der Waals surface area contributed by atoms with E-state index >= 15 is 0 Å². The molecule has 1 aromatic heterocycles. The second-order valence-corrected chi connectivity index (χ2v) is 6.72. The molecule has 0 amide bonds. The molecule has 0 saturated carbocycles. The van der Waals surface area contributed by atoms with Crippen LogP contribution in [0.1, 0.15) is 12.1 Å². The Labute approximate surface area is 112 Å². The molecule has 2 rings (SSSR count). The first-order valence-electron chi connectivity index (χ1n) is 5.74. The number of hydrogen-bond donors (Lipinski definition) is 0. The standard InChI is InChI=1S/C11H17ClN2O3S/c1-13-7-11(5-10(13)6-12)18(15,16)14(2)9-3-4-17-8-9/h5,7,9H,3-4,6,8H2,1-2H3. The van der Waals surface area contributed by atoms with Gasteiger partial charge in [-0.2, -0.15) is 4.31 Å². The maximum absolute atomic E-state index is 12.4. The summed E-state index contributed by atoms with van der Waals surface area (Å²) >= 11 is 5.75. The van der Waals surface area contributed by atoms with E-state index in [1.807, 2.05) is 0 Å². The van der Waals surface area contributed by atoms with E-state index in [2.05, 4.69) is 0 Å². The summed E-state index contributed by atoms with van der Waals surface area (Å²) in [5, 5.41) is 0. The highest BCUT2D eigenvalue weighted by Crippen LogP contribution is 2.22. The smallest absolute Gasteiger partial charge is 0.244 e. The van der Waals surface area contributed by atoms with E-state index in [4.69, 9.17) is 16.3 Å². The molecule has 0 bridgehead atoms. The summed E-state index contributed by atoms with van der Waals surface area (Å²) in [5.74, 6) is 0.294. The lowest BCUT2D eigenvalue weighted by molar-refractivity contribution is 0.181. The van der Waals surface area contributed by atoms with Gasteiger partial charge in [0.05, 0.1) is 18.5 Å². The third-order valence-electron chi connectivity index (χ3n) is 3.32. The van der Waals surface area contributed by atoms with E-state index in [-0.39, 0.29) is 10.9 Å². The van der Waals surface area contributed by atoms with E-state index in [0.29, 0.717) is 19.1 Å². The number of sulfonamides is 1. The fourth-order valence-corrected chi connectivity index (χ4v) is 3.76. The largest absolute Gasteiger partial charge is 0.380 e. The Hall–Kier alpha value is -0.560. The molecule has 1 atom stereocenters. The molecule has 0 aliphatic carbocycles. The molecule has 1 aliphatic rings. The van der Waals surface area contributed by atoms with Crippen LogP contribution in [0.5, 0.6) is 0 Å². The number of hydrogen-bond acceptors (Lipinski definition) is 3. The summed E-state index contributed by atoms with van der Waals surface area (Å²) in [4.78, 5) is 0.287. The van der Waals surface area contributed by atoms with Gasteiger partial charge in [0.2, 0.25) is 10.0 Å². The lowest BCUT2D eigenvalue weighted by Crippen LogP contribution is -2.37. The molecule has 1 aliphatic heterocycles. The van der Waals surface area contributed by atoms with Crippen molar-refractivity contribution in [3.63, 3.8) is 0 Å². The van der Waals surface area contributed by atoms with Crippen LogP contribution < -0.4 is 0 Å². The van der Waals surface area contributed by atoms with Crippen molar-refractivity contribution in [3.8, 4) is 0 Å². The summed E-state index contributed by atoms with van der Waals surface area (Å²) in [6.45, 7) is 1.08. The number of nitrogens with zero attached hydrogens (tertiary/aromatic N) is 2. The molecule has 1 fully saturated rings. The number of rotatable bonds is 4. The number of likely N-dealkylation sites (N-methyl/N-ethyl adjacent to an activating group) is 1. The van der Waals surface area contributed by atoms with Gasteiger partial charge in [-0.1, -0.05) is 0 Å². The van der Waals surface area contributed by atoms with E-state index in [1.165, 1.54) is 4.31 Å². The van der Waals surface area contributed by atoms with Crippen LogP contribution in [0.15, 0.2) is 17.2 Å². The van der Waals surface area contributed by atoms with E-state index in [1.54, 1.807) is 30.9 Å². The van der Waals surface area contributed by atoms with Gasteiger partial charge >= 0.3 is 0 Å². The van der Waals surface area contributed by atoms with Crippen LogP contribution in [0.25, 0.3) is 0 Å². The number of aryl methyl sites for hydroxylation is 1. The van der Waals surface area contributed by atoms with Crippen LogP contribution in [0.4, 0.5) is 0 Å². The minimum Gasteiger partial charge on any atom is -0.380 e. The number of aromatic nitrogens is 1. The summed E-state index contributed by atoms with van der Waals surface area (Å²) < 4.78 is 33.2. The lowest BCUT2D eigenvalue weighted by Gasteiger charge is -2.21. The van der Waals surface area contributed by atoms with Gasteiger partial charge in [-0.3, -0.25) is 0 Å². The third-order valence-corrected chi connectivity index (χ3v) is 5.47. The van der Waals surface area contributed by atoms with Crippen molar-refractivity contribution < 1.29 is 13.2 Å². The van der Waals surface area contributed by atoms with Crippen molar-refractivity contribution in [2.24, 2.45) is 7.05 Å². The predicted octanol–water partition coefficient (Wildman–Crippen LogP) is 1.17. The minimum absolute atomic E-state index is 0.0744. The van der Waals surface area contributed by atoms with Crippen molar-refractivity contribution in [1.82, 2.24) is 8.87 Å². The van der Waals surface area contributed by atoms with Crippen LogP contribution in [0.2, 0.25) is 0 Å². The second kappa shape index (κ2) is 5.21. The average Bonchev–Trinajstić information content (AvgIpc) is 2.96. The first-order chi connectivity index (χ1) is 8.46. The highest BCUT2D eigenvalue weighted by atomic mass is 35.5. The Morgan fingerprint density at radius 2 is 2.33 bits per heavy atom. The Bertz CT molecular complexity index is 520. The monoisotopic (exact) mass is 292 g/mol. The van der Waals surface area contributed by atoms with Crippen LogP contribution in [0, 0.1) is 0 Å². The molecule has 18 heavy (non-hydrogen) atoms. The summed E-state index contributed by atoms with van der Waals surface area (Å²) in [6.07, 6.45) is 2.34. The van der Waals surface area contributed by atoms with Gasteiger partial charge in [-0.05, 0) is 12.5 Å². The first-order valence-corrected chi connectivity index (χ1v) is 7.71. The topological polar surface area (TPSA) is 51.5 Å². The van der Waals surface area contributed by atoms with Gasteiger partial charge in [0.1, 0.15) is 4.90 Å². The molecule has 1 aromatic rings.